The summed E-state index contributed by atoms with van der Waals surface area (Å²) in [7, 11) is 0. The van der Waals surface area contributed by atoms with Crippen molar-refractivity contribution in [1.29, 1.82) is 0 Å². The van der Waals surface area contributed by atoms with Crippen molar-refractivity contribution < 1.29 is 14.2 Å². The minimum absolute atomic E-state index is 0.244. The lowest BCUT2D eigenvalue weighted by atomic mass is 10.1. The highest BCUT2D eigenvalue weighted by molar-refractivity contribution is 5.38. The molecule has 0 amide bonds. The molecule has 0 atom stereocenters. The van der Waals surface area contributed by atoms with Crippen molar-refractivity contribution in [2.45, 2.75) is 13.5 Å². The maximum atomic E-state index is 13.5. The molecular formula is C17H15FO2. The van der Waals surface area contributed by atoms with Crippen LogP contribution in [0.2, 0.25) is 0 Å². The molecule has 0 spiro atoms. The van der Waals surface area contributed by atoms with Gasteiger partial charge in [-0.05, 0) is 48.4 Å². The van der Waals surface area contributed by atoms with Gasteiger partial charge in [0, 0.05) is 5.56 Å². The van der Waals surface area contributed by atoms with Crippen LogP contribution in [0.1, 0.15) is 16.7 Å². The zero-order valence-corrected chi connectivity index (χ0v) is 11.2. The van der Waals surface area contributed by atoms with Gasteiger partial charge in [0.1, 0.15) is 24.8 Å². The minimum atomic E-state index is -0.363. The molecule has 0 heterocycles. The van der Waals surface area contributed by atoms with Gasteiger partial charge in [-0.1, -0.05) is 24.0 Å². The molecule has 2 aromatic carbocycles. The first-order valence-electron chi connectivity index (χ1n) is 6.26. The van der Waals surface area contributed by atoms with Gasteiger partial charge in [0.15, 0.2) is 0 Å². The van der Waals surface area contributed by atoms with Gasteiger partial charge in [-0.2, -0.15) is 0 Å². The molecule has 0 aromatic heterocycles. The third-order valence-corrected chi connectivity index (χ3v) is 2.66. The van der Waals surface area contributed by atoms with E-state index in [-0.39, 0.29) is 19.0 Å². The number of hydrogen-bond donors (Lipinski definition) is 1. The highest BCUT2D eigenvalue weighted by Crippen LogP contribution is 2.16. The SMILES string of the molecule is Cc1cccc(OCc2cc(F)cc(C#CCO)c2)c1. The molecule has 3 heteroatoms. The Morgan fingerprint density at radius 2 is 2.05 bits per heavy atom. The fraction of sp³-hybridized carbons (Fsp3) is 0.176. The second-order valence-electron chi connectivity index (χ2n) is 4.41. The molecule has 2 aromatic rings. The van der Waals surface area contributed by atoms with Crippen molar-refractivity contribution in [1.82, 2.24) is 0 Å². The summed E-state index contributed by atoms with van der Waals surface area (Å²) in [4.78, 5) is 0. The Hall–Kier alpha value is -2.31. The summed E-state index contributed by atoms with van der Waals surface area (Å²) in [6, 6.07) is 12.2. The number of hydrogen-bond acceptors (Lipinski definition) is 2. The molecule has 1 N–H and O–H groups in total. The normalized spacial score (nSPS) is 9.75. The molecule has 2 rings (SSSR count). The van der Waals surface area contributed by atoms with E-state index in [4.69, 9.17) is 9.84 Å². The molecule has 0 unspecified atom stereocenters. The summed E-state index contributed by atoms with van der Waals surface area (Å²) in [5.74, 6) is 5.57. The van der Waals surface area contributed by atoms with Crippen molar-refractivity contribution in [2.24, 2.45) is 0 Å². The van der Waals surface area contributed by atoms with Crippen LogP contribution in [0, 0.1) is 24.6 Å². The predicted octanol–water partition coefficient (Wildman–Crippen LogP) is 3.06. The Labute approximate surface area is 117 Å². The van der Waals surface area contributed by atoms with Crippen LogP contribution in [0.5, 0.6) is 5.75 Å². The Morgan fingerprint density at radius 3 is 2.80 bits per heavy atom. The summed E-state index contributed by atoms with van der Waals surface area (Å²) in [5.41, 5.74) is 2.34. The average Bonchev–Trinajstić information content (AvgIpc) is 2.42. The number of aliphatic hydroxyl groups is 1. The first-order chi connectivity index (χ1) is 9.67. The van der Waals surface area contributed by atoms with E-state index in [0.717, 1.165) is 11.3 Å². The quantitative estimate of drug-likeness (QED) is 0.869. The zero-order chi connectivity index (χ0) is 14.4. The standard InChI is InChI=1S/C17H15FO2/c1-13-4-2-6-17(8-13)20-12-15-9-14(5-3-7-19)10-16(18)11-15/h2,4,6,8-11,19H,7,12H2,1H3. The number of halogens is 1. The maximum Gasteiger partial charge on any atom is 0.124 e. The van der Waals surface area contributed by atoms with Crippen molar-refractivity contribution >= 4 is 0 Å². The Balaban J connectivity index is 2.11. The van der Waals surface area contributed by atoms with Gasteiger partial charge in [-0.3, -0.25) is 0 Å². The molecule has 0 saturated carbocycles. The van der Waals surface area contributed by atoms with E-state index in [1.54, 1.807) is 6.07 Å². The van der Waals surface area contributed by atoms with E-state index in [0.29, 0.717) is 11.1 Å². The highest BCUT2D eigenvalue weighted by atomic mass is 19.1. The van der Waals surface area contributed by atoms with Crippen molar-refractivity contribution in [3.8, 4) is 17.6 Å². The van der Waals surface area contributed by atoms with Crippen LogP contribution in [0.25, 0.3) is 0 Å². The average molecular weight is 270 g/mol. The van der Waals surface area contributed by atoms with Gasteiger partial charge in [-0.25, -0.2) is 4.39 Å². The van der Waals surface area contributed by atoms with E-state index in [2.05, 4.69) is 11.8 Å². The third-order valence-electron chi connectivity index (χ3n) is 2.66. The van der Waals surface area contributed by atoms with Crippen LogP contribution in [0.3, 0.4) is 0 Å². The van der Waals surface area contributed by atoms with Crippen LogP contribution in [0.15, 0.2) is 42.5 Å². The molecule has 0 radical (unpaired) electrons. The smallest absolute Gasteiger partial charge is 0.124 e. The molecule has 20 heavy (non-hydrogen) atoms. The molecular weight excluding hydrogens is 255 g/mol. The van der Waals surface area contributed by atoms with Crippen LogP contribution >= 0.6 is 0 Å². The number of ether oxygens (including phenoxy) is 1. The molecule has 0 saturated heterocycles. The monoisotopic (exact) mass is 270 g/mol. The van der Waals surface area contributed by atoms with Crippen LogP contribution < -0.4 is 4.74 Å². The predicted molar refractivity (Wildman–Crippen MR) is 75.9 cm³/mol. The molecule has 2 nitrogen and oxygen atoms in total. The van der Waals surface area contributed by atoms with Gasteiger partial charge in [0.05, 0.1) is 0 Å². The van der Waals surface area contributed by atoms with Crippen molar-refractivity contribution in [3.63, 3.8) is 0 Å². The van der Waals surface area contributed by atoms with Gasteiger partial charge in [0.25, 0.3) is 0 Å². The van der Waals surface area contributed by atoms with Crippen LogP contribution in [0.4, 0.5) is 4.39 Å². The molecule has 0 aliphatic rings. The lowest BCUT2D eigenvalue weighted by molar-refractivity contribution is 0.305. The van der Waals surface area contributed by atoms with E-state index in [9.17, 15) is 4.39 Å². The Kier molecular flexibility index (Phi) is 4.75. The first-order valence-corrected chi connectivity index (χ1v) is 6.26. The van der Waals surface area contributed by atoms with Gasteiger partial charge in [0.2, 0.25) is 0 Å². The van der Waals surface area contributed by atoms with E-state index < -0.39 is 0 Å². The van der Waals surface area contributed by atoms with Gasteiger partial charge >= 0.3 is 0 Å². The van der Waals surface area contributed by atoms with Gasteiger partial charge in [-0.15, -0.1) is 0 Å². The Morgan fingerprint density at radius 1 is 1.20 bits per heavy atom. The summed E-state index contributed by atoms with van der Waals surface area (Å²) in [6.07, 6.45) is 0. The lowest BCUT2D eigenvalue weighted by Crippen LogP contribution is -1.97. The largest absolute Gasteiger partial charge is 0.489 e. The minimum Gasteiger partial charge on any atom is -0.489 e. The van der Waals surface area contributed by atoms with Crippen LogP contribution in [-0.2, 0) is 6.61 Å². The number of rotatable bonds is 3. The van der Waals surface area contributed by atoms with Gasteiger partial charge < -0.3 is 9.84 Å². The summed E-state index contributed by atoms with van der Waals surface area (Å²) in [6.45, 7) is 2.01. The lowest BCUT2D eigenvalue weighted by Gasteiger charge is -2.07. The molecule has 102 valence electrons. The molecule has 0 bridgehead atoms. The third kappa shape index (κ3) is 4.11. The van der Waals surface area contributed by atoms with E-state index in [1.807, 2.05) is 31.2 Å². The summed E-state index contributed by atoms with van der Waals surface area (Å²) < 4.78 is 19.1. The number of aliphatic hydroxyl groups excluding tert-OH is 1. The highest BCUT2D eigenvalue weighted by Gasteiger charge is 2.01. The number of benzene rings is 2. The molecule has 0 fully saturated rings. The maximum absolute atomic E-state index is 13.5. The molecule has 0 aliphatic carbocycles. The second-order valence-corrected chi connectivity index (χ2v) is 4.41. The van der Waals surface area contributed by atoms with E-state index in [1.165, 1.54) is 12.1 Å². The van der Waals surface area contributed by atoms with Crippen molar-refractivity contribution in [3.05, 3.63) is 65.0 Å². The fourth-order valence-electron chi connectivity index (χ4n) is 1.82. The van der Waals surface area contributed by atoms with E-state index >= 15 is 0 Å². The number of aryl methyl sites for hydroxylation is 1. The summed E-state index contributed by atoms with van der Waals surface area (Å²) >= 11 is 0. The molecule has 0 aliphatic heterocycles. The first kappa shape index (κ1) is 14.1. The second kappa shape index (κ2) is 6.74. The summed E-state index contributed by atoms with van der Waals surface area (Å²) in [5, 5.41) is 8.65. The van der Waals surface area contributed by atoms with Crippen molar-refractivity contribution in [2.75, 3.05) is 6.61 Å². The fourth-order valence-corrected chi connectivity index (χ4v) is 1.82. The van der Waals surface area contributed by atoms with Crippen LogP contribution in [-0.4, -0.2) is 11.7 Å². The topological polar surface area (TPSA) is 29.5 Å². The Bertz CT molecular complexity index is 654. The zero-order valence-electron chi connectivity index (χ0n) is 11.2.